The highest BCUT2D eigenvalue weighted by Crippen LogP contribution is 2.21. The number of carbonyl (C=O) groups excluding carboxylic acids is 1. The number of pyridine rings is 1. The minimum Gasteiger partial charge on any atom is -0.463 e. The molecule has 3 rings (SSSR count). The maximum absolute atomic E-state index is 12.4. The van der Waals surface area contributed by atoms with Crippen molar-refractivity contribution in [1.29, 1.82) is 0 Å². The van der Waals surface area contributed by atoms with E-state index in [2.05, 4.69) is 15.0 Å². The number of carbonyl (C=O) groups is 1. The van der Waals surface area contributed by atoms with Gasteiger partial charge < -0.3 is 19.4 Å². The summed E-state index contributed by atoms with van der Waals surface area (Å²) in [5.74, 6) is 0. The van der Waals surface area contributed by atoms with Crippen LogP contribution in [0.3, 0.4) is 0 Å². The third-order valence-corrected chi connectivity index (χ3v) is 3.90. The average molecular weight is 332 g/mol. The van der Waals surface area contributed by atoms with Crippen LogP contribution in [0.5, 0.6) is 6.01 Å². The Morgan fingerprint density at radius 3 is 3.00 bits per heavy atom. The van der Waals surface area contributed by atoms with Crippen molar-refractivity contribution in [3.63, 3.8) is 0 Å². The summed E-state index contributed by atoms with van der Waals surface area (Å²) in [6.45, 7) is 6.72. The standard InChI is InChI=1S/C17H24N4O3/c1-17(2,3)24-16(22)21-10-5-4-7-12(21)11-23-15-19-13-8-6-9-18-14(13)20-15/h6,8-9,12H,4-5,7,10-11H2,1-3H3,(H,18,19,20)/t12-/m1/s1. The van der Waals surface area contributed by atoms with Crippen LogP contribution in [0, 0.1) is 0 Å². The number of likely N-dealkylation sites (tertiary alicyclic amines) is 1. The summed E-state index contributed by atoms with van der Waals surface area (Å²) >= 11 is 0. The molecule has 1 aliphatic heterocycles. The molecule has 0 radical (unpaired) electrons. The molecule has 1 amide bonds. The van der Waals surface area contributed by atoms with Crippen LogP contribution >= 0.6 is 0 Å². The quantitative estimate of drug-likeness (QED) is 0.934. The molecule has 2 aromatic heterocycles. The molecule has 0 unspecified atom stereocenters. The Balaban J connectivity index is 1.64. The first-order chi connectivity index (χ1) is 11.4. The molecule has 0 bridgehead atoms. The first-order valence-corrected chi connectivity index (χ1v) is 8.35. The summed E-state index contributed by atoms with van der Waals surface area (Å²) < 4.78 is 11.3. The van der Waals surface area contributed by atoms with E-state index in [4.69, 9.17) is 9.47 Å². The molecule has 3 heterocycles. The molecule has 24 heavy (non-hydrogen) atoms. The molecule has 7 heteroatoms. The van der Waals surface area contributed by atoms with Crippen molar-refractivity contribution < 1.29 is 14.3 Å². The van der Waals surface area contributed by atoms with E-state index in [0.717, 1.165) is 24.8 Å². The molecule has 2 aromatic rings. The fourth-order valence-corrected chi connectivity index (χ4v) is 2.80. The molecule has 0 saturated carbocycles. The van der Waals surface area contributed by atoms with Crippen LogP contribution in [0.15, 0.2) is 18.3 Å². The van der Waals surface area contributed by atoms with E-state index < -0.39 is 5.60 Å². The average Bonchev–Trinajstić information content (AvgIpc) is 2.94. The zero-order valence-corrected chi connectivity index (χ0v) is 14.4. The highest BCUT2D eigenvalue weighted by molar-refractivity contribution is 5.70. The van der Waals surface area contributed by atoms with Gasteiger partial charge in [-0.15, -0.1) is 0 Å². The lowest BCUT2D eigenvalue weighted by atomic mass is 10.0. The molecule has 0 spiro atoms. The second kappa shape index (κ2) is 6.67. The smallest absolute Gasteiger partial charge is 0.410 e. The van der Waals surface area contributed by atoms with Gasteiger partial charge in [0.25, 0.3) is 6.01 Å². The Labute approximate surface area is 141 Å². The number of hydrogen-bond donors (Lipinski definition) is 1. The minimum absolute atomic E-state index is 0.00484. The van der Waals surface area contributed by atoms with Crippen molar-refractivity contribution in [2.24, 2.45) is 0 Å². The normalized spacial score (nSPS) is 18.6. The van der Waals surface area contributed by atoms with Crippen LogP contribution in [0.4, 0.5) is 4.79 Å². The van der Waals surface area contributed by atoms with Crippen LogP contribution in [-0.2, 0) is 4.74 Å². The van der Waals surface area contributed by atoms with Crippen LogP contribution in [0.1, 0.15) is 40.0 Å². The molecular weight excluding hydrogens is 308 g/mol. The van der Waals surface area contributed by atoms with Gasteiger partial charge >= 0.3 is 6.09 Å². The van der Waals surface area contributed by atoms with Gasteiger partial charge in [-0.3, -0.25) is 0 Å². The van der Waals surface area contributed by atoms with E-state index in [-0.39, 0.29) is 12.1 Å². The number of piperidine rings is 1. The predicted octanol–water partition coefficient (Wildman–Crippen LogP) is 3.13. The van der Waals surface area contributed by atoms with Crippen molar-refractivity contribution >= 4 is 17.3 Å². The van der Waals surface area contributed by atoms with Gasteiger partial charge in [-0.25, -0.2) is 9.78 Å². The predicted molar refractivity (Wildman–Crippen MR) is 90.0 cm³/mol. The number of rotatable bonds is 3. The van der Waals surface area contributed by atoms with Crippen molar-refractivity contribution in [3.8, 4) is 6.01 Å². The van der Waals surface area contributed by atoms with Crippen LogP contribution in [-0.4, -0.2) is 50.7 Å². The largest absolute Gasteiger partial charge is 0.463 e. The summed E-state index contributed by atoms with van der Waals surface area (Å²) in [5.41, 5.74) is 0.963. The molecule has 7 nitrogen and oxygen atoms in total. The van der Waals surface area contributed by atoms with Gasteiger partial charge in [-0.1, -0.05) is 0 Å². The topological polar surface area (TPSA) is 80.3 Å². The number of hydrogen-bond acceptors (Lipinski definition) is 5. The molecule has 0 aromatic carbocycles. The van der Waals surface area contributed by atoms with E-state index in [1.54, 1.807) is 11.1 Å². The number of imidazole rings is 1. The second-order valence-electron chi connectivity index (χ2n) is 7.05. The molecule has 130 valence electrons. The number of aromatic amines is 1. The summed E-state index contributed by atoms with van der Waals surface area (Å²) in [6.07, 6.45) is 4.39. The van der Waals surface area contributed by atoms with Crippen LogP contribution in [0.2, 0.25) is 0 Å². The van der Waals surface area contributed by atoms with Crippen molar-refractivity contribution in [2.75, 3.05) is 13.2 Å². The lowest BCUT2D eigenvalue weighted by Crippen LogP contribution is -2.48. The number of nitrogens with one attached hydrogen (secondary N) is 1. The van der Waals surface area contributed by atoms with Gasteiger partial charge in [-0.2, -0.15) is 4.98 Å². The highest BCUT2D eigenvalue weighted by Gasteiger charge is 2.31. The molecular formula is C17H24N4O3. The van der Waals surface area contributed by atoms with Crippen molar-refractivity contribution in [1.82, 2.24) is 19.9 Å². The fourth-order valence-electron chi connectivity index (χ4n) is 2.80. The molecule has 0 aliphatic carbocycles. The molecule has 1 N–H and O–H groups in total. The first-order valence-electron chi connectivity index (χ1n) is 8.35. The maximum Gasteiger partial charge on any atom is 0.410 e. The van der Waals surface area contributed by atoms with E-state index in [0.29, 0.717) is 24.8 Å². The van der Waals surface area contributed by atoms with E-state index in [1.165, 1.54) is 0 Å². The molecule has 1 saturated heterocycles. The van der Waals surface area contributed by atoms with Gasteiger partial charge in [-0.05, 0) is 52.2 Å². The number of fused-ring (bicyclic) bond motifs is 1. The van der Waals surface area contributed by atoms with E-state index >= 15 is 0 Å². The van der Waals surface area contributed by atoms with Crippen molar-refractivity contribution in [3.05, 3.63) is 18.3 Å². The highest BCUT2D eigenvalue weighted by atomic mass is 16.6. The Bertz CT molecular complexity index is 674. The van der Waals surface area contributed by atoms with Crippen LogP contribution in [0.25, 0.3) is 11.2 Å². The lowest BCUT2D eigenvalue weighted by Gasteiger charge is -2.36. The Kier molecular flexibility index (Phi) is 4.59. The second-order valence-corrected chi connectivity index (χ2v) is 7.05. The number of nitrogens with zero attached hydrogens (tertiary/aromatic N) is 3. The van der Waals surface area contributed by atoms with E-state index in [9.17, 15) is 4.79 Å². The monoisotopic (exact) mass is 332 g/mol. The van der Waals surface area contributed by atoms with Gasteiger partial charge in [0.1, 0.15) is 12.2 Å². The van der Waals surface area contributed by atoms with Gasteiger partial charge in [0.05, 0.1) is 11.6 Å². The lowest BCUT2D eigenvalue weighted by molar-refractivity contribution is 0.00312. The van der Waals surface area contributed by atoms with Crippen molar-refractivity contribution in [2.45, 2.75) is 51.7 Å². The summed E-state index contributed by atoms with van der Waals surface area (Å²) in [6, 6.07) is 4.17. The zero-order valence-electron chi connectivity index (χ0n) is 14.4. The Morgan fingerprint density at radius 2 is 2.25 bits per heavy atom. The fraction of sp³-hybridized carbons (Fsp3) is 0.588. The SMILES string of the molecule is CC(C)(C)OC(=O)N1CCCC[C@@H]1COc1nc2ncccc2[nH]1. The number of aromatic nitrogens is 3. The summed E-state index contributed by atoms with van der Waals surface area (Å²) in [7, 11) is 0. The Morgan fingerprint density at radius 1 is 1.42 bits per heavy atom. The van der Waals surface area contributed by atoms with Crippen LogP contribution < -0.4 is 4.74 Å². The van der Waals surface area contributed by atoms with Gasteiger partial charge in [0, 0.05) is 12.7 Å². The molecule has 1 aliphatic rings. The first kappa shape index (κ1) is 16.5. The zero-order chi connectivity index (χ0) is 17.2. The van der Waals surface area contributed by atoms with E-state index in [1.807, 2.05) is 32.9 Å². The number of amides is 1. The number of H-pyrrole nitrogens is 1. The number of ether oxygens (including phenoxy) is 2. The Hall–Kier alpha value is -2.31. The van der Waals surface area contributed by atoms with Gasteiger partial charge in [0.2, 0.25) is 0 Å². The third kappa shape index (κ3) is 3.96. The summed E-state index contributed by atoms with van der Waals surface area (Å²) in [4.78, 5) is 25.7. The molecule has 1 atom stereocenters. The molecule has 1 fully saturated rings. The van der Waals surface area contributed by atoms with Gasteiger partial charge in [0.15, 0.2) is 5.65 Å². The minimum atomic E-state index is -0.496. The third-order valence-electron chi connectivity index (χ3n) is 3.90. The summed E-state index contributed by atoms with van der Waals surface area (Å²) in [5, 5.41) is 0. The maximum atomic E-state index is 12.4.